The molecule has 1 aliphatic heterocycles. The summed E-state index contributed by atoms with van der Waals surface area (Å²) in [7, 11) is 1.57. The van der Waals surface area contributed by atoms with Gasteiger partial charge in [-0.25, -0.2) is 4.98 Å². The first-order valence-corrected chi connectivity index (χ1v) is 11.4. The Morgan fingerprint density at radius 1 is 1.17 bits per heavy atom. The predicted octanol–water partition coefficient (Wildman–Crippen LogP) is 4.45. The van der Waals surface area contributed by atoms with Gasteiger partial charge in [0, 0.05) is 31.3 Å². The summed E-state index contributed by atoms with van der Waals surface area (Å²) < 4.78 is 35.9. The van der Waals surface area contributed by atoms with Crippen molar-refractivity contribution >= 4 is 11.7 Å². The van der Waals surface area contributed by atoms with Crippen molar-refractivity contribution < 1.29 is 28.2 Å². The molecule has 0 radical (unpaired) electrons. The highest BCUT2D eigenvalue weighted by Crippen LogP contribution is 2.38. The van der Waals surface area contributed by atoms with Gasteiger partial charge in [0.25, 0.3) is 0 Å². The van der Waals surface area contributed by atoms with Crippen molar-refractivity contribution in [2.24, 2.45) is 0 Å². The third-order valence-electron chi connectivity index (χ3n) is 5.86. The van der Waals surface area contributed by atoms with Crippen LogP contribution in [0.2, 0.25) is 0 Å². The number of para-hydroxylation sites is 2. The van der Waals surface area contributed by atoms with E-state index in [9.17, 15) is 18.7 Å². The minimum atomic E-state index is -2.98. The summed E-state index contributed by atoms with van der Waals surface area (Å²) in [5.74, 6) is 0.447. The van der Waals surface area contributed by atoms with Crippen LogP contribution < -0.4 is 15.0 Å². The number of phenolic OH excluding ortho intramolecular Hbond substituents is 1. The van der Waals surface area contributed by atoms with E-state index in [-0.39, 0.29) is 17.4 Å². The molecule has 1 atom stereocenters. The fourth-order valence-corrected chi connectivity index (χ4v) is 4.26. The number of aromatic hydroxyl groups is 1. The second-order valence-corrected chi connectivity index (χ2v) is 8.13. The van der Waals surface area contributed by atoms with Crippen molar-refractivity contribution in [2.45, 2.75) is 25.5 Å². The van der Waals surface area contributed by atoms with E-state index in [1.54, 1.807) is 61.7 Å². The van der Waals surface area contributed by atoms with Gasteiger partial charge in [0.05, 0.1) is 12.3 Å². The van der Waals surface area contributed by atoms with Crippen LogP contribution in [0.5, 0.6) is 11.5 Å². The minimum Gasteiger partial charge on any atom is -0.507 e. The Hall–Kier alpha value is -3.72. The van der Waals surface area contributed by atoms with Gasteiger partial charge in [-0.1, -0.05) is 30.3 Å². The topological polar surface area (TPSA) is 83.9 Å². The van der Waals surface area contributed by atoms with Gasteiger partial charge in [0.2, 0.25) is 5.91 Å². The second-order valence-electron chi connectivity index (χ2n) is 8.13. The van der Waals surface area contributed by atoms with E-state index in [4.69, 9.17) is 14.5 Å². The molecule has 0 aliphatic carbocycles. The fourth-order valence-electron chi connectivity index (χ4n) is 4.26. The average Bonchev–Trinajstić information content (AvgIpc) is 3.34. The zero-order chi connectivity index (χ0) is 24.8. The molecule has 1 aromatic heterocycles. The van der Waals surface area contributed by atoms with Crippen LogP contribution in [-0.4, -0.2) is 55.5 Å². The summed E-state index contributed by atoms with van der Waals surface area (Å²) in [6.07, 6.45) is 1.45. The molecule has 1 saturated heterocycles. The van der Waals surface area contributed by atoms with Crippen LogP contribution in [0.25, 0.3) is 22.4 Å². The lowest BCUT2D eigenvalue weighted by molar-refractivity contribution is -0.122. The molecule has 0 unspecified atom stereocenters. The number of phenols is 1. The normalized spacial score (nSPS) is 15.4. The zero-order valence-corrected chi connectivity index (χ0v) is 19.3. The molecule has 2 heterocycles. The van der Waals surface area contributed by atoms with Gasteiger partial charge in [-0.15, -0.1) is 0 Å². The van der Waals surface area contributed by atoms with Gasteiger partial charge < -0.3 is 24.8 Å². The zero-order valence-electron chi connectivity index (χ0n) is 19.3. The molecular formula is C26H27F2N3O4. The molecule has 184 valence electrons. The first kappa shape index (κ1) is 24.4. The van der Waals surface area contributed by atoms with E-state index in [2.05, 4.69) is 5.32 Å². The van der Waals surface area contributed by atoms with Crippen LogP contribution in [0.15, 0.2) is 60.7 Å². The molecule has 7 nitrogen and oxygen atoms in total. The van der Waals surface area contributed by atoms with E-state index in [1.807, 2.05) is 4.90 Å². The summed E-state index contributed by atoms with van der Waals surface area (Å²) in [5.41, 5.74) is 1.97. The highest BCUT2D eigenvalue weighted by atomic mass is 19.3. The van der Waals surface area contributed by atoms with Crippen LogP contribution >= 0.6 is 0 Å². The largest absolute Gasteiger partial charge is 0.507 e. The molecular weight excluding hydrogens is 456 g/mol. The number of pyridine rings is 1. The first-order chi connectivity index (χ1) is 17.0. The molecule has 1 amide bonds. The van der Waals surface area contributed by atoms with E-state index < -0.39 is 12.7 Å². The number of anilines is 1. The Morgan fingerprint density at radius 3 is 2.66 bits per heavy atom. The summed E-state index contributed by atoms with van der Waals surface area (Å²) >= 11 is 0. The molecule has 2 N–H and O–H groups in total. The lowest BCUT2D eigenvalue weighted by Crippen LogP contribution is -2.44. The molecule has 0 bridgehead atoms. The molecule has 0 saturated carbocycles. The molecule has 2 aromatic carbocycles. The highest BCUT2D eigenvalue weighted by Gasteiger charge is 2.32. The van der Waals surface area contributed by atoms with E-state index in [0.29, 0.717) is 54.3 Å². The third kappa shape index (κ3) is 5.68. The average molecular weight is 484 g/mol. The number of hydrogen-bond acceptors (Lipinski definition) is 6. The minimum absolute atomic E-state index is 0.0261. The number of benzene rings is 2. The number of methoxy groups -OCH3 is 1. The number of carbonyl (C=O) groups is 1. The fraction of sp³-hybridized carbons (Fsp3) is 0.308. The number of rotatable bonds is 9. The van der Waals surface area contributed by atoms with Crippen molar-refractivity contribution in [3.05, 3.63) is 60.7 Å². The number of hydrogen-bond donors (Lipinski definition) is 2. The van der Waals surface area contributed by atoms with E-state index in [1.165, 1.54) is 6.07 Å². The van der Waals surface area contributed by atoms with Crippen LogP contribution in [0.1, 0.15) is 12.8 Å². The lowest BCUT2D eigenvalue weighted by atomic mass is 10.0. The summed E-state index contributed by atoms with van der Waals surface area (Å²) in [6.45, 7) is -1.57. The van der Waals surface area contributed by atoms with Gasteiger partial charge >= 0.3 is 6.61 Å². The number of amides is 1. The maximum absolute atomic E-state index is 13.1. The Balaban J connectivity index is 1.79. The number of ether oxygens (including phenoxy) is 2. The Labute approximate surface area is 202 Å². The van der Waals surface area contributed by atoms with Crippen molar-refractivity contribution in [3.8, 4) is 33.9 Å². The smallest absolute Gasteiger partial charge is 0.387 e. The van der Waals surface area contributed by atoms with E-state index in [0.717, 1.165) is 6.42 Å². The molecule has 35 heavy (non-hydrogen) atoms. The van der Waals surface area contributed by atoms with Gasteiger partial charge in [0.1, 0.15) is 23.4 Å². The van der Waals surface area contributed by atoms with Crippen LogP contribution in [-0.2, 0) is 9.53 Å². The lowest BCUT2D eigenvalue weighted by Gasteiger charge is -2.26. The van der Waals surface area contributed by atoms with Gasteiger partial charge in [-0.2, -0.15) is 8.78 Å². The van der Waals surface area contributed by atoms with Crippen molar-refractivity contribution in [1.29, 1.82) is 0 Å². The maximum Gasteiger partial charge on any atom is 0.387 e. The number of alkyl halides is 2. The van der Waals surface area contributed by atoms with Crippen LogP contribution in [0.4, 0.5) is 14.6 Å². The Bertz CT molecular complexity index is 1170. The highest BCUT2D eigenvalue weighted by molar-refractivity contribution is 5.86. The van der Waals surface area contributed by atoms with Gasteiger partial charge in [0.15, 0.2) is 0 Å². The van der Waals surface area contributed by atoms with Gasteiger partial charge in [-0.05, 0) is 48.7 Å². The molecule has 3 aromatic rings. The number of halogens is 2. The number of carbonyl (C=O) groups excluding carboxylic acids is 1. The number of nitrogens with zero attached hydrogens (tertiary/aromatic N) is 2. The molecule has 4 rings (SSSR count). The van der Waals surface area contributed by atoms with Crippen molar-refractivity contribution in [3.63, 3.8) is 0 Å². The molecule has 9 heteroatoms. The maximum atomic E-state index is 13.1. The standard InChI is InChI=1S/C26H27F2N3O4/c1-34-14-12-29-25(33)21-9-6-13-31(21)24-16-17(18-7-3-5-11-23(18)35-26(27)28)15-20(30-24)19-8-2-4-10-22(19)32/h2-5,7-8,10-11,15-16,21,26,32H,6,9,12-14H2,1H3,(H,29,33)/t21-/m0/s1. The summed E-state index contributed by atoms with van der Waals surface area (Å²) in [5, 5.41) is 13.3. The van der Waals surface area contributed by atoms with Crippen LogP contribution in [0, 0.1) is 0 Å². The quantitative estimate of drug-likeness (QED) is 0.438. The van der Waals surface area contributed by atoms with E-state index >= 15 is 0 Å². The SMILES string of the molecule is COCCNC(=O)[C@@H]1CCCN1c1cc(-c2ccccc2OC(F)F)cc(-c2ccccc2O)n1. The third-order valence-corrected chi connectivity index (χ3v) is 5.86. The molecule has 1 fully saturated rings. The number of nitrogens with one attached hydrogen (secondary N) is 1. The monoisotopic (exact) mass is 483 g/mol. The first-order valence-electron chi connectivity index (χ1n) is 11.4. The molecule has 1 aliphatic rings. The Morgan fingerprint density at radius 2 is 1.91 bits per heavy atom. The van der Waals surface area contributed by atoms with Crippen molar-refractivity contribution in [2.75, 3.05) is 31.7 Å². The predicted molar refractivity (Wildman–Crippen MR) is 129 cm³/mol. The summed E-state index contributed by atoms with van der Waals surface area (Å²) in [4.78, 5) is 19.5. The van der Waals surface area contributed by atoms with Crippen molar-refractivity contribution in [1.82, 2.24) is 10.3 Å². The summed E-state index contributed by atoms with van der Waals surface area (Å²) in [6, 6.07) is 16.3. The number of aromatic nitrogens is 1. The second kappa shape index (κ2) is 11.1. The molecule has 0 spiro atoms. The van der Waals surface area contributed by atoms with Gasteiger partial charge in [-0.3, -0.25) is 4.79 Å². The Kier molecular flexibility index (Phi) is 7.77. The van der Waals surface area contributed by atoms with Crippen LogP contribution in [0.3, 0.4) is 0 Å².